The highest BCUT2D eigenvalue weighted by molar-refractivity contribution is 5.83. The summed E-state index contributed by atoms with van der Waals surface area (Å²) in [6, 6.07) is 5.76. The zero-order valence-electron chi connectivity index (χ0n) is 12.3. The first-order chi connectivity index (χ1) is 10.2. The fourth-order valence-electron chi connectivity index (χ4n) is 3.10. The largest absolute Gasteiger partial charge is 0.348 e. The fourth-order valence-corrected chi connectivity index (χ4v) is 3.10. The molecule has 2 N–H and O–H groups in total. The van der Waals surface area contributed by atoms with Crippen molar-refractivity contribution in [3.05, 3.63) is 30.2 Å². The van der Waals surface area contributed by atoms with Crippen molar-refractivity contribution in [3.63, 3.8) is 0 Å². The van der Waals surface area contributed by atoms with Crippen molar-refractivity contribution in [1.82, 2.24) is 25.2 Å². The molecular weight excluding hydrogens is 266 g/mol. The Kier molecular flexibility index (Phi) is 3.88. The van der Waals surface area contributed by atoms with Gasteiger partial charge in [0.05, 0.1) is 12.0 Å². The highest BCUT2D eigenvalue weighted by atomic mass is 16.2. The molecule has 0 saturated carbocycles. The van der Waals surface area contributed by atoms with Crippen molar-refractivity contribution in [3.8, 4) is 0 Å². The number of carbonyl (C=O) groups excluding carboxylic acids is 1. The SMILES string of the molecule is CCCC1(C(=O)NCc2nnc3ccccn23)CCNC1. The number of pyridine rings is 1. The third-order valence-electron chi connectivity index (χ3n) is 4.25. The molecule has 2 aromatic heterocycles. The Labute approximate surface area is 123 Å². The minimum atomic E-state index is -0.255. The van der Waals surface area contributed by atoms with Crippen molar-refractivity contribution in [2.75, 3.05) is 13.1 Å². The minimum absolute atomic E-state index is 0.127. The van der Waals surface area contributed by atoms with Gasteiger partial charge in [0.15, 0.2) is 11.5 Å². The molecule has 1 amide bonds. The Morgan fingerprint density at radius 1 is 1.48 bits per heavy atom. The molecule has 1 aliphatic rings. The maximum Gasteiger partial charge on any atom is 0.227 e. The van der Waals surface area contributed by atoms with E-state index in [1.54, 1.807) is 0 Å². The van der Waals surface area contributed by atoms with Crippen LogP contribution >= 0.6 is 0 Å². The Morgan fingerprint density at radius 2 is 2.38 bits per heavy atom. The number of nitrogens with zero attached hydrogens (tertiary/aromatic N) is 3. The Hall–Kier alpha value is -1.95. The van der Waals surface area contributed by atoms with E-state index in [0.717, 1.165) is 43.8 Å². The van der Waals surface area contributed by atoms with Gasteiger partial charge in [-0.05, 0) is 31.5 Å². The summed E-state index contributed by atoms with van der Waals surface area (Å²) < 4.78 is 1.90. The molecule has 21 heavy (non-hydrogen) atoms. The van der Waals surface area contributed by atoms with E-state index in [4.69, 9.17) is 0 Å². The van der Waals surface area contributed by atoms with Crippen LogP contribution in [0.4, 0.5) is 0 Å². The van der Waals surface area contributed by atoms with Crippen molar-refractivity contribution in [2.45, 2.75) is 32.7 Å². The average Bonchev–Trinajstić information content (AvgIpc) is 3.13. The van der Waals surface area contributed by atoms with E-state index in [1.807, 2.05) is 28.8 Å². The van der Waals surface area contributed by atoms with Crippen LogP contribution in [0.25, 0.3) is 5.65 Å². The quantitative estimate of drug-likeness (QED) is 0.864. The topological polar surface area (TPSA) is 71.3 Å². The third kappa shape index (κ3) is 2.63. The molecule has 0 spiro atoms. The number of nitrogens with one attached hydrogen (secondary N) is 2. The molecule has 0 aliphatic carbocycles. The molecular formula is C15H21N5O. The van der Waals surface area contributed by atoms with Crippen molar-refractivity contribution in [1.29, 1.82) is 0 Å². The summed E-state index contributed by atoms with van der Waals surface area (Å²) in [5.41, 5.74) is 0.544. The molecule has 6 heteroatoms. The molecule has 1 fully saturated rings. The van der Waals surface area contributed by atoms with Gasteiger partial charge in [-0.3, -0.25) is 9.20 Å². The van der Waals surface area contributed by atoms with Gasteiger partial charge in [0, 0.05) is 12.7 Å². The van der Waals surface area contributed by atoms with Gasteiger partial charge < -0.3 is 10.6 Å². The average molecular weight is 287 g/mol. The van der Waals surface area contributed by atoms with Gasteiger partial charge in [-0.1, -0.05) is 19.4 Å². The molecule has 1 atom stereocenters. The summed E-state index contributed by atoms with van der Waals surface area (Å²) in [6.07, 6.45) is 4.76. The predicted octanol–water partition coefficient (Wildman–Crippen LogP) is 1.13. The Morgan fingerprint density at radius 3 is 3.14 bits per heavy atom. The molecule has 2 aromatic rings. The van der Waals surface area contributed by atoms with Crippen LogP contribution in [0, 0.1) is 5.41 Å². The van der Waals surface area contributed by atoms with E-state index in [1.165, 1.54) is 0 Å². The summed E-state index contributed by atoms with van der Waals surface area (Å²) >= 11 is 0. The first kappa shape index (κ1) is 14.0. The summed E-state index contributed by atoms with van der Waals surface area (Å²) in [5.74, 6) is 0.888. The molecule has 1 unspecified atom stereocenters. The first-order valence-corrected chi connectivity index (χ1v) is 7.53. The maximum absolute atomic E-state index is 12.6. The van der Waals surface area contributed by atoms with Gasteiger partial charge in [0.1, 0.15) is 0 Å². The van der Waals surface area contributed by atoms with E-state index in [9.17, 15) is 4.79 Å². The number of hydrogen-bond donors (Lipinski definition) is 2. The molecule has 6 nitrogen and oxygen atoms in total. The highest BCUT2D eigenvalue weighted by Crippen LogP contribution is 2.31. The zero-order chi connectivity index (χ0) is 14.7. The standard InChI is InChI=1S/C15H21N5O/c1-2-6-15(7-8-16-11-15)14(21)17-10-13-19-18-12-5-3-4-9-20(12)13/h3-5,9,16H,2,6-8,10-11H2,1H3,(H,17,21). The second-order valence-electron chi connectivity index (χ2n) is 5.68. The number of aromatic nitrogens is 3. The van der Waals surface area contributed by atoms with Crippen LogP contribution in [0.15, 0.2) is 24.4 Å². The molecule has 0 radical (unpaired) electrons. The molecule has 0 bridgehead atoms. The van der Waals surface area contributed by atoms with E-state index in [2.05, 4.69) is 27.8 Å². The van der Waals surface area contributed by atoms with Crippen LogP contribution in [-0.2, 0) is 11.3 Å². The van der Waals surface area contributed by atoms with E-state index >= 15 is 0 Å². The lowest BCUT2D eigenvalue weighted by Gasteiger charge is -2.26. The van der Waals surface area contributed by atoms with Crippen LogP contribution in [0.1, 0.15) is 32.0 Å². The van der Waals surface area contributed by atoms with Crippen molar-refractivity contribution >= 4 is 11.6 Å². The van der Waals surface area contributed by atoms with Crippen LogP contribution < -0.4 is 10.6 Å². The summed E-state index contributed by atoms with van der Waals surface area (Å²) in [7, 11) is 0. The minimum Gasteiger partial charge on any atom is -0.348 e. The zero-order valence-corrected chi connectivity index (χ0v) is 12.3. The lowest BCUT2D eigenvalue weighted by atomic mass is 9.81. The summed E-state index contributed by atoms with van der Waals surface area (Å²) in [4.78, 5) is 12.6. The highest BCUT2D eigenvalue weighted by Gasteiger charge is 2.40. The summed E-state index contributed by atoms with van der Waals surface area (Å²) in [5, 5.41) is 14.6. The fraction of sp³-hybridized carbons (Fsp3) is 0.533. The first-order valence-electron chi connectivity index (χ1n) is 7.53. The van der Waals surface area contributed by atoms with Crippen molar-refractivity contribution < 1.29 is 4.79 Å². The number of rotatable bonds is 5. The van der Waals surface area contributed by atoms with E-state index in [0.29, 0.717) is 6.54 Å². The maximum atomic E-state index is 12.6. The van der Waals surface area contributed by atoms with Crippen LogP contribution in [-0.4, -0.2) is 33.6 Å². The third-order valence-corrected chi connectivity index (χ3v) is 4.25. The predicted molar refractivity (Wildman–Crippen MR) is 79.7 cm³/mol. The second kappa shape index (κ2) is 5.81. The number of amides is 1. The van der Waals surface area contributed by atoms with Crippen LogP contribution in [0.2, 0.25) is 0 Å². The molecule has 0 aromatic carbocycles. The molecule has 1 saturated heterocycles. The summed E-state index contributed by atoms with van der Waals surface area (Å²) in [6.45, 7) is 4.23. The second-order valence-corrected chi connectivity index (χ2v) is 5.68. The smallest absolute Gasteiger partial charge is 0.227 e. The van der Waals surface area contributed by atoms with Gasteiger partial charge in [0.2, 0.25) is 5.91 Å². The number of fused-ring (bicyclic) bond motifs is 1. The van der Waals surface area contributed by atoms with Gasteiger partial charge in [-0.2, -0.15) is 0 Å². The molecule has 1 aliphatic heterocycles. The molecule has 112 valence electrons. The van der Waals surface area contributed by atoms with Crippen molar-refractivity contribution in [2.24, 2.45) is 5.41 Å². The Balaban J connectivity index is 1.70. The van der Waals surface area contributed by atoms with Gasteiger partial charge >= 0.3 is 0 Å². The molecule has 3 rings (SSSR count). The Bertz CT molecular complexity index is 630. The van der Waals surface area contributed by atoms with E-state index < -0.39 is 0 Å². The van der Waals surface area contributed by atoms with Gasteiger partial charge in [0.25, 0.3) is 0 Å². The normalized spacial score (nSPS) is 21.8. The van der Waals surface area contributed by atoms with E-state index in [-0.39, 0.29) is 11.3 Å². The van der Waals surface area contributed by atoms with Crippen LogP contribution in [0.3, 0.4) is 0 Å². The van der Waals surface area contributed by atoms with Crippen LogP contribution in [0.5, 0.6) is 0 Å². The van der Waals surface area contributed by atoms with Gasteiger partial charge in [-0.25, -0.2) is 0 Å². The lowest BCUT2D eigenvalue weighted by Crippen LogP contribution is -2.42. The van der Waals surface area contributed by atoms with Gasteiger partial charge in [-0.15, -0.1) is 10.2 Å². The lowest BCUT2D eigenvalue weighted by molar-refractivity contribution is -0.130. The monoisotopic (exact) mass is 287 g/mol. The number of hydrogen-bond acceptors (Lipinski definition) is 4. The number of carbonyl (C=O) groups is 1. The molecule has 3 heterocycles.